The number of hydrogen-bond acceptors (Lipinski definition) is 4. The molecule has 3 rings (SSSR count). The highest BCUT2D eigenvalue weighted by atomic mass is 79.9. The zero-order valence-electron chi connectivity index (χ0n) is 11.4. The summed E-state index contributed by atoms with van der Waals surface area (Å²) < 4.78 is 2.97. The zero-order chi connectivity index (χ0) is 14.1. The number of nitrogens with one attached hydrogen (secondary N) is 1. The van der Waals surface area contributed by atoms with Crippen LogP contribution in [0.3, 0.4) is 0 Å². The van der Waals surface area contributed by atoms with Crippen molar-refractivity contribution in [3.8, 4) is 0 Å². The number of pyridine rings is 1. The Morgan fingerprint density at radius 1 is 1.35 bits per heavy atom. The van der Waals surface area contributed by atoms with Crippen LogP contribution in [0.4, 0.5) is 0 Å². The molecule has 3 aromatic heterocycles. The van der Waals surface area contributed by atoms with E-state index >= 15 is 0 Å². The van der Waals surface area contributed by atoms with Gasteiger partial charge in [0.2, 0.25) is 0 Å². The van der Waals surface area contributed by atoms with Crippen LogP contribution >= 0.6 is 27.3 Å². The number of aromatic nitrogens is 3. The van der Waals surface area contributed by atoms with E-state index in [4.69, 9.17) is 0 Å². The average molecular weight is 351 g/mol. The third-order valence-electron chi connectivity index (χ3n) is 3.17. The second-order valence-electron chi connectivity index (χ2n) is 4.76. The topological polar surface area (TPSA) is 42.7 Å². The molecule has 0 saturated carbocycles. The SMILES string of the molecule is Cc1nn(C)c2ncc(CNCc3cc(Br)cs3)cc12. The van der Waals surface area contributed by atoms with Crippen molar-refractivity contribution in [3.63, 3.8) is 0 Å². The maximum atomic E-state index is 4.49. The van der Waals surface area contributed by atoms with Gasteiger partial charge in [-0.25, -0.2) is 4.98 Å². The van der Waals surface area contributed by atoms with Crippen molar-refractivity contribution in [2.45, 2.75) is 20.0 Å². The Morgan fingerprint density at radius 2 is 2.20 bits per heavy atom. The Balaban J connectivity index is 1.70. The highest BCUT2D eigenvalue weighted by molar-refractivity contribution is 9.10. The molecule has 0 atom stereocenters. The van der Waals surface area contributed by atoms with Gasteiger partial charge in [-0.3, -0.25) is 4.68 Å². The minimum Gasteiger partial charge on any atom is -0.308 e. The van der Waals surface area contributed by atoms with Crippen LogP contribution in [-0.4, -0.2) is 14.8 Å². The van der Waals surface area contributed by atoms with Gasteiger partial charge in [0.15, 0.2) is 5.65 Å². The van der Waals surface area contributed by atoms with E-state index in [0.717, 1.165) is 34.3 Å². The summed E-state index contributed by atoms with van der Waals surface area (Å²) in [5.41, 5.74) is 3.15. The predicted molar refractivity (Wildman–Crippen MR) is 85.8 cm³/mol. The Kier molecular flexibility index (Phi) is 3.87. The van der Waals surface area contributed by atoms with Crippen molar-refractivity contribution in [2.24, 2.45) is 7.05 Å². The smallest absolute Gasteiger partial charge is 0.157 e. The van der Waals surface area contributed by atoms with Crippen LogP contribution < -0.4 is 5.32 Å². The van der Waals surface area contributed by atoms with E-state index in [9.17, 15) is 0 Å². The Morgan fingerprint density at radius 3 is 2.95 bits per heavy atom. The highest BCUT2D eigenvalue weighted by Gasteiger charge is 2.07. The van der Waals surface area contributed by atoms with Crippen molar-refractivity contribution in [1.82, 2.24) is 20.1 Å². The van der Waals surface area contributed by atoms with Gasteiger partial charge >= 0.3 is 0 Å². The van der Waals surface area contributed by atoms with Crippen molar-refractivity contribution in [3.05, 3.63) is 44.3 Å². The minimum atomic E-state index is 0.812. The molecule has 0 aliphatic rings. The number of rotatable bonds is 4. The first-order valence-corrected chi connectivity index (χ1v) is 8.02. The molecule has 104 valence electrons. The number of fused-ring (bicyclic) bond motifs is 1. The third kappa shape index (κ3) is 2.77. The van der Waals surface area contributed by atoms with Crippen LogP contribution in [0.15, 0.2) is 28.2 Å². The quantitative estimate of drug-likeness (QED) is 0.784. The van der Waals surface area contributed by atoms with Crippen LogP contribution in [0.1, 0.15) is 16.1 Å². The highest BCUT2D eigenvalue weighted by Crippen LogP contribution is 2.20. The lowest BCUT2D eigenvalue weighted by Gasteiger charge is -2.03. The molecular weight excluding hydrogens is 336 g/mol. The normalized spacial score (nSPS) is 11.3. The molecule has 0 unspecified atom stereocenters. The molecule has 0 aliphatic carbocycles. The first-order chi connectivity index (χ1) is 9.63. The van der Waals surface area contributed by atoms with E-state index in [0.29, 0.717) is 0 Å². The minimum absolute atomic E-state index is 0.812. The van der Waals surface area contributed by atoms with E-state index in [1.807, 2.05) is 24.9 Å². The second-order valence-corrected chi connectivity index (χ2v) is 6.67. The zero-order valence-corrected chi connectivity index (χ0v) is 13.8. The Hall–Kier alpha value is -1.24. The number of aryl methyl sites for hydroxylation is 2. The fraction of sp³-hybridized carbons (Fsp3) is 0.286. The first-order valence-electron chi connectivity index (χ1n) is 6.35. The molecular formula is C14H15BrN4S. The summed E-state index contributed by atoms with van der Waals surface area (Å²) in [7, 11) is 1.93. The fourth-order valence-electron chi connectivity index (χ4n) is 2.22. The second kappa shape index (κ2) is 5.63. The predicted octanol–water partition coefficient (Wildman–Crippen LogP) is 3.39. The molecule has 3 heterocycles. The largest absolute Gasteiger partial charge is 0.308 e. The molecule has 0 bridgehead atoms. The number of nitrogens with zero attached hydrogens (tertiary/aromatic N) is 3. The summed E-state index contributed by atoms with van der Waals surface area (Å²) in [6.45, 7) is 3.71. The molecule has 3 aromatic rings. The van der Waals surface area contributed by atoms with E-state index in [2.05, 4.69) is 48.8 Å². The van der Waals surface area contributed by atoms with Gasteiger partial charge in [0.05, 0.1) is 5.69 Å². The molecule has 4 nitrogen and oxygen atoms in total. The molecule has 20 heavy (non-hydrogen) atoms. The standard InChI is InChI=1S/C14H15BrN4S/c1-9-13-3-10(6-17-14(13)19(2)18-9)5-16-7-12-4-11(15)8-20-12/h3-4,6,8,16H,5,7H2,1-2H3. The maximum absolute atomic E-state index is 4.49. The van der Waals surface area contributed by atoms with Gasteiger partial charge in [0.25, 0.3) is 0 Å². The van der Waals surface area contributed by atoms with Gasteiger partial charge in [-0.15, -0.1) is 11.3 Å². The summed E-state index contributed by atoms with van der Waals surface area (Å²) in [6.07, 6.45) is 1.92. The van der Waals surface area contributed by atoms with E-state index < -0.39 is 0 Å². The van der Waals surface area contributed by atoms with Crippen LogP contribution in [-0.2, 0) is 20.1 Å². The summed E-state index contributed by atoms with van der Waals surface area (Å²) in [4.78, 5) is 5.81. The Bertz CT molecular complexity index is 747. The monoisotopic (exact) mass is 350 g/mol. The van der Waals surface area contributed by atoms with Gasteiger partial charge in [0.1, 0.15) is 0 Å². The molecule has 6 heteroatoms. The molecule has 1 N–H and O–H groups in total. The van der Waals surface area contributed by atoms with Crippen LogP contribution in [0.2, 0.25) is 0 Å². The summed E-state index contributed by atoms with van der Waals surface area (Å²) in [5, 5.41) is 11.1. The maximum Gasteiger partial charge on any atom is 0.157 e. The fourth-order valence-corrected chi connectivity index (χ4v) is 3.65. The van der Waals surface area contributed by atoms with Gasteiger partial charge in [-0.2, -0.15) is 5.10 Å². The first kappa shape index (κ1) is 13.7. The van der Waals surface area contributed by atoms with Crippen molar-refractivity contribution >= 4 is 38.3 Å². The molecule has 0 amide bonds. The number of hydrogen-bond donors (Lipinski definition) is 1. The van der Waals surface area contributed by atoms with Gasteiger partial charge in [0, 0.05) is 46.5 Å². The lowest BCUT2D eigenvalue weighted by Crippen LogP contribution is -2.11. The third-order valence-corrected chi connectivity index (χ3v) is 4.87. The molecule has 0 aliphatic heterocycles. The van der Waals surface area contributed by atoms with E-state index in [1.165, 1.54) is 10.4 Å². The lowest BCUT2D eigenvalue weighted by atomic mass is 10.2. The van der Waals surface area contributed by atoms with Crippen LogP contribution in [0.5, 0.6) is 0 Å². The molecule has 0 aromatic carbocycles. The molecule has 0 fully saturated rings. The average Bonchev–Trinajstić information content (AvgIpc) is 2.95. The summed E-state index contributed by atoms with van der Waals surface area (Å²) >= 11 is 5.22. The molecule has 0 radical (unpaired) electrons. The van der Waals surface area contributed by atoms with Crippen LogP contribution in [0.25, 0.3) is 11.0 Å². The van der Waals surface area contributed by atoms with E-state index in [-0.39, 0.29) is 0 Å². The van der Waals surface area contributed by atoms with Gasteiger partial charge in [-0.05, 0) is 40.5 Å². The van der Waals surface area contributed by atoms with Crippen molar-refractivity contribution < 1.29 is 0 Å². The number of thiophene rings is 1. The van der Waals surface area contributed by atoms with Gasteiger partial charge in [-0.1, -0.05) is 0 Å². The Labute approximate surface area is 130 Å². The van der Waals surface area contributed by atoms with Crippen LogP contribution in [0, 0.1) is 6.92 Å². The summed E-state index contributed by atoms with van der Waals surface area (Å²) in [5.74, 6) is 0. The van der Waals surface area contributed by atoms with Crippen molar-refractivity contribution in [1.29, 1.82) is 0 Å². The molecule has 0 saturated heterocycles. The van der Waals surface area contributed by atoms with E-state index in [1.54, 1.807) is 11.3 Å². The van der Waals surface area contributed by atoms with Crippen molar-refractivity contribution in [2.75, 3.05) is 0 Å². The lowest BCUT2D eigenvalue weighted by molar-refractivity contribution is 0.699. The van der Waals surface area contributed by atoms with Gasteiger partial charge < -0.3 is 5.32 Å². The molecule has 0 spiro atoms. The number of halogens is 1. The summed E-state index contributed by atoms with van der Waals surface area (Å²) in [6, 6.07) is 4.31.